The van der Waals surface area contributed by atoms with Gasteiger partial charge in [0.2, 0.25) is 0 Å². The normalized spacial score (nSPS) is 11.0. The summed E-state index contributed by atoms with van der Waals surface area (Å²) in [4.78, 5) is 8.01. The minimum Gasteiger partial charge on any atom is -0.342 e. The Morgan fingerprint density at radius 3 is 2.35 bits per heavy atom. The van der Waals surface area contributed by atoms with E-state index in [2.05, 4.69) is 52.4 Å². The van der Waals surface area contributed by atoms with Crippen LogP contribution in [0.25, 0.3) is 11.0 Å². The lowest BCUT2D eigenvalue weighted by atomic mass is 10.1. The van der Waals surface area contributed by atoms with Gasteiger partial charge in [0.25, 0.3) is 0 Å². The van der Waals surface area contributed by atoms with Gasteiger partial charge >= 0.3 is 0 Å². The average Bonchev–Trinajstić information content (AvgIpc) is 2.90. The zero-order valence-electron chi connectivity index (χ0n) is 11.7. The smallest absolute Gasteiger partial charge is 0.107 e. The Bertz CT molecular complexity index is 622. The summed E-state index contributed by atoms with van der Waals surface area (Å²) >= 11 is 0. The van der Waals surface area contributed by atoms with Crippen LogP contribution in [0.5, 0.6) is 0 Å². The third-order valence-corrected chi connectivity index (χ3v) is 3.66. The second-order valence-corrected chi connectivity index (χ2v) is 5.25. The van der Waals surface area contributed by atoms with Crippen LogP contribution in [0.4, 0.5) is 0 Å². The minimum atomic E-state index is 1.05. The number of aryl methyl sites for hydroxylation is 2. The quantitative estimate of drug-likeness (QED) is 0.652. The number of para-hydroxylation sites is 2. The molecule has 3 aromatic rings. The summed E-state index contributed by atoms with van der Waals surface area (Å²) in [5.41, 5.74) is 3.66. The van der Waals surface area contributed by atoms with Gasteiger partial charge in [-0.2, -0.15) is 0 Å². The van der Waals surface area contributed by atoms with Crippen molar-refractivity contribution in [3.05, 3.63) is 66.0 Å². The fourth-order valence-electron chi connectivity index (χ4n) is 2.57. The molecule has 3 rings (SSSR count). The summed E-state index contributed by atoms with van der Waals surface area (Å²) in [6.45, 7) is 0. The van der Waals surface area contributed by atoms with Crippen LogP contribution < -0.4 is 0 Å². The van der Waals surface area contributed by atoms with Crippen LogP contribution in [0, 0.1) is 0 Å². The number of aromatic amines is 1. The highest BCUT2D eigenvalue weighted by Crippen LogP contribution is 2.13. The monoisotopic (exact) mass is 264 g/mol. The summed E-state index contributed by atoms with van der Waals surface area (Å²) in [7, 11) is 0. The van der Waals surface area contributed by atoms with E-state index in [1.54, 1.807) is 0 Å². The Kier molecular flexibility index (Phi) is 4.12. The Morgan fingerprint density at radius 2 is 1.50 bits per heavy atom. The third kappa shape index (κ3) is 3.27. The zero-order valence-corrected chi connectivity index (χ0v) is 11.7. The van der Waals surface area contributed by atoms with E-state index >= 15 is 0 Å². The number of hydrogen-bond acceptors (Lipinski definition) is 1. The van der Waals surface area contributed by atoms with Gasteiger partial charge in [0.05, 0.1) is 11.0 Å². The van der Waals surface area contributed by atoms with Gasteiger partial charge in [0.15, 0.2) is 0 Å². The Hall–Kier alpha value is -2.09. The standard InChI is InChI=1S/C18H20N2/c1-3-9-15(10-4-1)11-5-2-6-14-18-19-16-12-7-8-13-17(16)20-18/h1,3-4,7-10,12-13H,2,5-6,11,14H2,(H,19,20). The van der Waals surface area contributed by atoms with Crippen molar-refractivity contribution in [2.45, 2.75) is 32.1 Å². The zero-order chi connectivity index (χ0) is 13.6. The molecule has 2 heteroatoms. The summed E-state index contributed by atoms with van der Waals surface area (Å²) in [5, 5.41) is 0. The molecule has 0 aliphatic carbocycles. The summed E-state index contributed by atoms with van der Waals surface area (Å²) in [6, 6.07) is 18.9. The van der Waals surface area contributed by atoms with Gasteiger partial charge in [-0.25, -0.2) is 4.98 Å². The van der Waals surface area contributed by atoms with Crippen molar-refractivity contribution < 1.29 is 0 Å². The molecule has 0 spiro atoms. The van der Waals surface area contributed by atoms with Gasteiger partial charge < -0.3 is 4.98 Å². The molecule has 0 atom stereocenters. The molecule has 0 amide bonds. The summed E-state index contributed by atoms with van der Waals surface area (Å²) in [6.07, 6.45) is 5.94. The molecular weight excluding hydrogens is 244 g/mol. The molecule has 0 unspecified atom stereocenters. The van der Waals surface area contributed by atoms with E-state index in [0.29, 0.717) is 0 Å². The summed E-state index contributed by atoms with van der Waals surface area (Å²) < 4.78 is 0. The highest BCUT2D eigenvalue weighted by molar-refractivity contribution is 5.74. The van der Waals surface area contributed by atoms with E-state index in [-0.39, 0.29) is 0 Å². The Morgan fingerprint density at radius 1 is 0.750 bits per heavy atom. The van der Waals surface area contributed by atoms with Crippen LogP contribution in [0.2, 0.25) is 0 Å². The van der Waals surface area contributed by atoms with Crippen molar-refractivity contribution >= 4 is 11.0 Å². The van der Waals surface area contributed by atoms with Crippen LogP contribution in [0.15, 0.2) is 54.6 Å². The number of rotatable bonds is 6. The predicted octanol–water partition coefficient (Wildman–Crippen LogP) is 4.52. The van der Waals surface area contributed by atoms with Crippen molar-refractivity contribution in [3.63, 3.8) is 0 Å². The van der Waals surface area contributed by atoms with E-state index in [1.165, 1.54) is 31.2 Å². The second kappa shape index (κ2) is 6.38. The van der Waals surface area contributed by atoms with Crippen LogP contribution in [-0.2, 0) is 12.8 Å². The molecule has 1 aromatic heterocycles. The number of imidazole rings is 1. The molecule has 1 heterocycles. The highest BCUT2D eigenvalue weighted by Gasteiger charge is 2.01. The van der Waals surface area contributed by atoms with Gasteiger partial charge in [-0.1, -0.05) is 48.9 Å². The van der Waals surface area contributed by atoms with Gasteiger partial charge in [-0.15, -0.1) is 0 Å². The lowest BCUT2D eigenvalue weighted by molar-refractivity contribution is 0.666. The highest BCUT2D eigenvalue weighted by atomic mass is 14.9. The van der Waals surface area contributed by atoms with Crippen LogP contribution >= 0.6 is 0 Å². The fourth-order valence-corrected chi connectivity index (χ4v) is 2.57. The van der Waals surface area contributed by atoms with Crippen LogP contribution in [-0.4, -0.2) is 9.97 Å². The average molecular weight is 264 g/mol. The number of nitrogens with one attached hydrogen (secondary N) is 1. The van der Waals surface area contributed by atoms with Gasteiger partial charge in [0.1, 0.15) is 5.82 Å². The van der Waals surface area contributed by atoms with Crippen molar-refractivity contribution in [1.82, 2.24) is 9.97 Å². The maximum absolute atomic E-state index is 4.61. The van der Waals surface area contributed by atoms with Gasteiger partial charge in [0, 0.05) is 6.42 Å². The lowest BCUT2D eigenvalue weighted by Crippen LogP contribution is -1.90. The fraction of sp³-hybridized carbons (Fsp3) is 0.278. The molecule has 0 radical (unpaired) electrons. The van der Waals surface area contributed by atoms with E-state index in [4.69, 9.17) is 0 Å². The lowest BCUT2D eigenvalue weighted by Gasteiger charge is -2.00. The Balaban J connectivity index is 1.43. The molecule has 0 aliphatic rings. The van der Waals surface area contributed by atoms with Gasteiger partial charge in [-0.3, -0.25) is 0 Å². The van der Waals surface area contributed by atoms with Crippen LogP contribution in [0.3, 0.4) is 0 Å². The van der Waals surface area contributed by atoms with Crippen molar-refractivity contribution in [1.29, 1.82) is 0 Å². The molecule has 102 valence electrons. The summed E-state index contributed by atoms with van der Waals surface area (Å²) in [5.74, 6) is 1.12. The molecular formula is C18H20N2. The first-order valence-electron chi connectivity index (χ1n) is 7.39. The molecule has 0 aliphatic heterocycles. The number of nitrogens with zero attached hydrogens (tertiary/aromatic N) is 1. The first-order valence-corrected chi connectivity index (χ1v) is 7.39. The largest absolute Gasteiger partial charge is 0.342 e. The molecule has 2 nitrogen and oxygen atoms in total. The maximum Gasteiger partial charge on any atom is 0.107 e. The molecule has 0 saturated carbocycles. The van der Waals surface area contributed by atoms with E-state index in [0.717, 1.165) is 23.3 Å². The number of fused-ring (bicyclic) bond motifs is 1. The number of H-pyrrole nitrogens is 1. The van der Waals surface area contributed by atoms with E-state index in [1.807, 2.05) is 12.1 Å². The van der Waals surface area contributed by atoms with E-state index in [9.17, 15) is 0 Å². The maximum atomic E-state index is 4.61. The minimum absolute atomic E-state index is 1.05. The number of aromatic nitrogens is 2. The number of benzene rings is 2. The second-order valence-electron chi connectivity index (χ2n) is 5.25. The Labute approximate surface area is 119 Å². The van der Waals surface area contributed by atoms with Crippen molar-refractivity contribution in [2.75, 3.05) is 0 Å². The van der Waals surface area contributed by atoms with Gasteiger partial charge in [-0.05, 0) is 37.0 Å². The molecule has 0 bridgehead atoms. The SMILES string of the molecule is c1ccc(CCCCCc2nc3ccccc3[nH]2)cc1. The topological polar surface area (TPSA) is 28.7 Å². The predicted molar refractivity (Wildman–Crippen MR) is 83.8 cm³/mol. The van der Waals surface area contributed by atoms with E-state index < -0.39 is 0 Å². The first-order chi connectivity index (χ1) is 9.92. The molecule has 1 N–H and O–H groups in total. The number of unbranched alkanes of at least 4 members (excludes halogenated alkanes) is 2. The van der Waals surface area contributed by atoms with Crippen molar-refractivity contribution in [2.24, 2.45) is 0 Å². The molecule has 0 saturated heterocycles. The number of hydrogen-bond donors (Lipinski definition) is 1. The molecule has 20 heavy (non-hydrogen) atoms. The van der Waals surface area contributed by atoms with Crippen molar-refractivity contribution in [3.8, 4) is 0 Å². The molecule has 2 aromatic carbocycles. The molecule has 0 fully saturated rings. The first kappa shape index (κ1) is 12.9. The third-order valence-electron chi connectivity index (χ3n) is 3.66. The van der Waals surface area contributed by atoms with Crippen LogP contribution in [0.1, 0.15) is 30.7 Å².